The van der Waals surface area contributed by atoms with E-state index in [1.165, 1.54) is 0 Å². The van der Waals surface area contributed by atoms with E-state index in [1.54, 1.807) is 42.1 Å². The lowest BCUT2D eigenvalue weighted by Crippen LogP contribution is -2.05. The van der Waals surface area contributed by atoms with Crippen LogP contribution in [0.25, 0.3) is 5.69 Å². The summed E-state index contributed by atoms with van der Waals surface area (Å²) in [5.41, 5.74) is 2.28. The van der Waals surface area contributed by atoms with Crippen LogP contribution in [0.2, 0.25) is 0 Å². The SMILES string of the molecule is Cc1nc(COc2ccc(C(=O)OCc3ccc(-n4cccn4)cc3)cc2)no1. The fourth-order valence-corrected chi connectivity index (χ4v) is 2.63. The first-order valence-corrected chi connectivity index (χ1v) is 8.95. The number of benzene rings is 2. The molecule has 0 atom stereocenters. The van der Waals surface area contributed by atoms with E-state index in [-0.39, 0.29) is 13.2 Å². The average molecular weight is 390 g/mol. The van der Waals surface area contributed by atoms with Crippen molar-refractivity contribution in [2.24, 2.45) is 0 Å². The Morgan fingerprint density at radius 3 is 2.52 bits per heavy atom. The van der Waals surface area contributed by atoms with E-state index in [2.05, 4.69) is 15.2 Å². The van der Waals surface area contributed by atoms with Gasteiger partial charge in [-0.2, -0.15) is 10.1 Å². The Morgan fingerprint density at radius 1 is 1.07 bits per heavy atom. The first-order valence-electron chi connectivity index (χ1n) is 8.95. The molecule has 2 aromatic carbocycles. The minimum Gasteiger partial charge on any atom is -0.485 e. The van der Waals surface area contributed by atoms with Crippen molar-refractivity contribution >= 4 is 5.97 Å². The second-order valence-corrected chi connectivity index (χ2v) is 6.24. The highest BCUT2D eigenvalue weighted by atomic mass is 16.5. The molecule has 0 amide bonds. The molecule has 146 valence electrons. The van der Waals surface area contributed by atoms with Crippen LogP contribution in [0.5, 0.6) is 5.75 Å². The molecule has 0 aliphatic rings. The highest BCUT2D eigenvalue weighted by Crippen LogP contribution is 2.15. The van der Waals surface area contributed by atoms with Gasteiger partial charge in [0.05, 0.1) is 11.3 Å². The van der Waals surface area contributed by atoms with Crippen molar-refractivity contribution in [3.05, 3.63) is 89.8 Å². The quantitative estimate of drug-likeness (QED) is 0.446. The van der Waals surface area contributed by atoms with Crippen LogP contribution in [0, 0.1) is 6.92 Å². The van der Waals surface area contributed by atoms with Crippen molar-refractivity contribution in [1.82, 2.24) is 19.9 Å². The summed E-state index contributed by atoms with van der Waals surface area (Å²) < 4.78 is 17.6. The summed E-state index contributed by atoms with van der Waals surface area (Å²) >= 11 is 0. The van der Waals surface area contributed by atoms with Gasteiger partial charge in [0.1, 0.15) is 12.4 Å². The number of nitrogens with zero attached hydrogens (tertiary/aromatic N) is 4. The summed E-state index contributed by atoms with van der Waals surface area (Å²) in [6.45, 7) is 2.09. The zero-order valence-electron chi connectivity index (χ0n) is 15.7. The van der Waals surface area contributed by atoms with Crippen molar-refractivity contribution in [3.8, 4) is 11.4 Å². The van der Waals surface area contributed by atoms with Gasteiger partial charge in [-0.3, -0.25) is 0 Å². The molecule has 2 heterocycles. The van der Waals surface area contributed by atoms with Gasteiger partial charge in [-0.05, 0) is 48.0 Å². The molecular weight excluding hydrogens is 372 g/mol. The molecule has 0 aliphatic carbocycles. The molecule has 0 radical (unpaired) electrons. The van der Waals surface area contributed by atoms with E-state index in [9.17, 15) is 4.79 Å². The van der Waals surface area contributed by atoms with Crippen molar-refractivity contribution in [2.75, 3.05) is 0 Å². The number of aryl methyl sites for hydroxylation is 1. The summed E-state index contributed by atoms with van der Waals surface area (Å²) in [5, 5.41) is 7.94. The summed E-state index contributed by atoms with van der Waals surface area (Å²) in [4.78, 5) is 16.3. The smallest absolute Gasteiger partial charge is 0.338 e. The number of hydrogen-bond acceptors (Lipinski definition) is 7. The zero-order valence-corrected chi connectivity index (χ0v) is 15.7. The normalized spacial score (nSPS) is 10.7. The Bertz CT molecular complexity index is 1070. The van der Waals surface area contributed by atoms with Crippen LogP contribution in [0.1, 0.15) is 27.6 Å². The number of rotatable bonds is 7. The Morgan fingerprint density at radius 2 is 1.86 bits per heavy atom. The molecule has 8 nitrogen and oxygen atoms in total. The molecule has 29 heavy (non-hydrogen) atoms. The van der Waals surface area contributed by atoms with Crippen molar-refractivity contribution in [3.63, 3.8) is 0 Å². The van der Waals surface area contributed by atoms with E-state index >= 15 is 0 Å². The Labute approximate surface area is 166 Å². The van der Waals surface area contributed by atoms with Gasteiger partial charge in [0, 0.05) is 19.3 Å². The van der Waals surface area contributed by atoms with Crippen LogP contribution in [-0.4, -0.2) is 25.9 Å². The third-order valence-electron chi connectivity index (χ3n) is 4.10. The fraction of sp³-hybridized carbons (Fsp3) is 0.143. The van der Waals surface area contributed by atoms with E-state index < -0.39 is 5.97 Å². The molecule has 0 fully saturated rings. The largest absolute Gasteiger partial charge is 0.485 e. The van der Waals surface area contributed by atoms with E-state index in [0.29, 0.717) is 23.0 Å². The minimum absolute atomic E-state index is 0.188. The van der Waals surface area contributed by atoms with Crippen LogP contribution in [0.3, 0.4) is 0 Å². The topological polar surface area (TPSA) is 92.3 Å². The number of carbonyl (C=O) groups is 1. The number of carbonyl (C=O) groups excluding carboxylic acids is 1. The van der Waals surface area contributed by atoms with Crippen molar-refractivity contribution in [1.29, 1.82) is 0 Å². The number of esters is 1. The number of hydrogen-bond donors (Lipinski definition) is 0. The summed E-state index contributed by atoms with van der Waals surface area (Å²) in [6, 6.07) is 16.2. The molecule has 0 bridgehead atoms. The van der Waals surface area contributed by atoms with Gasteiger partial charge >= 0.3 is 5.97 Å². The van der Waals surface area contributed by atoms with Gasteiger partial charge in [0.15, 0.2) is 6.61 Å². The monoisotopic (exact) mass is 390 g/mol. The van der Waals surface area contributed by atoms with Crippen LogP contribution >= 0.6 is 0 Å². The Balaban J connectivity index is 1.29. The van der Waals surface area contributed by atoms with Gasteiger partial charge in [-0.15, -0.1) is 0 Å². The molecule has 0 N–H and O–H groups in total. The first-order chi connectivity index (χ1) is 14.2. The molecule has 4 rings (SSSR count). The highest BCUT2D eigenvalue weighted by Gasteiger charge is 2.09. The molecule has 0 saturated carbocycles. The van der Waals surface area contributed by atoms with Crippen molar-refractivity contribution < 1.29 is 18.8 Å². The first kappa shape index (κ1) is 18.4. The van der Waals surface area contributed by atoms with Gasteiger partial charge in [-0.25, -0.2) is 9.48 Å². The second kappa shape index (κ2) is 8.39. The standard InChI is InChI=1S/C21H18N4O4/c1-15-23-20(24-29-15)14-27-19-9-5-17(6-10-19)21(26)28-13-16-3-7-18(8-4-16)25-12-2-11-22-25/h2-12H,13-14H2,1H3. The fourth-order valence-electron chi connectivity index (χ4n) is 2.63. The van der Waals surface area contributed by atoms with Crippen LogP contribution in [0.4, 0.5) is 0 Å². The molecular formula is C21H18N4O4. The van der Waals surface area contributed by atoms with Gasteiger partial charge < -0.3 is 14.0 Å². The maximum Gasteiger partial charge on any atom is 0.338 e. The second-order valence-electron chi connectivity index (χ2n) is 6.24. The molecule has 4 aromatic rings. The predicted octanol–water partition coefficient (Wildman–Crippen LogP) is 3.50. The number of ether oxygens (including phenoxy) is 2. The molecule has 0 saturated heterocycles. The van der Waals surface area contributed by atoms with E-state index in [4.69, 9.17) is 14.0 Å². The molecule has 0 spiro atoms. The minimum atomic E-state index is -0.401. The Hall–Kier alpha value is -3.94. The van der Waals surface area contributed by atoms with Crippen molar-refractivity contribution in [2.45, 2.75) is 20.1 Å². The number of aromatic nitrogens is 4. The lowest BCUT2D eigenvalue weighted by molar-refractivity contribution is 0.0472. The maximum atomic E-state index is 12.3. The lowest BCUT2D eigenvalue weighted by atomic mass is 10.2. The Kier molecular flexibility index (Phi) is 5.33. The third kappa shape index (κ3) is 4.67. The van der Waals surface area contributed by atoms with Gasteiger partial charge in [0.2, 0.25) is 11.7 Å². The highest BCUT2D eigenvalue weighted by molar-refractivity contribution is 5.89. The van der Waals surface area contributed by atoms with Crippen LogP contribution in [0.15, 0.2) is 71.5 Å². The lowest BCUT2D eigenvalue weighted by Gasteiger charge is -2.07. The zero-order chi connectivity index (χ0) is 20.1. The third-order valence-corrected chi connectivity index (χ3v) is 4.10. The summed E-state index contributed by atoms with van der Waals surface area (Å²) in [5.74, 6) is 1.14. The van der Waals surface area contributed by atoms with E-state index in [0.717, 1.165) is 11.3 Å². The molecule has 2 aromatic heterocycles. The van der Waals surface area contributed by atoms with Gasteiger partial charge in [-0.1, -0.05) is 17.3 Å². The van der Waals surface area contributed by atoms with E-state index in [1.807, 2.05) is 36.5 Å². The molecule has 0 aliphatic heterocycles. The summed E-state index contributed by atoms with van der Waals surface area (Å²) in [6.07, 6.45) is 3.59. The molecule has 8 heteroatoms. The van der Waals surface area contributed by atoms with Crippen LogP contribution < -0.4 is 4.74 Å². The summed E-state index contributed by atoms with van der Waals surface area (Å²) in [7, 11) is 0. The van der Waals surface area contributed by atoms with Crippen LogP contribution in [-0.2, 0) is 18.0 Å². The predicted molar refractivity (Wildman–Crippen MR) is 102 cm³/mol. The molecule has 0 unspecified atom stereocenters. The average Bonchev–Trinajstić information content (AvgIpc) is 3.43. The van der Waals surface area contributed by atoms with Gasteiger partial charge in [0.25, 0.3) is 0 Å². The maximum absolute atomic E-state index is 12.3.